The Morgan fingerprint density at radius 3 is 2.90 bits per heavy atom. The van der Waals surface area contributed by atoms with Crippen LogP contribution in [-0.2, 0) is 11.2 Å². The number of nitrogens with zero attached hydrogens (tertiary/aromatic N) is 3. The molecule has 0 aliphatic carbocycles. The SMILES string of the molecule is CC1CCCN(C(=O)CN(C)CCc2ccncc2)C1. The van der Waals surface area contributed by atoms with E-state index in [2.05, 4.69) is 16.8 Å². The van der Waals surface area contributed by atoms with E-state index in [1.807, 2.05) is 36.5 Å². The van der Waals surface area contributed by atoms with Gasteiger partial charge in [-0.15, -0.1) is 0 Å². The zero-order valence-corrected chi connectivity index (χ0v) is 12.6. The monoisotopic (exact) mass is 275 g/mol. The number of hydrogen-bond acceptors (Lipinski definition) is 3. The minimum atomic E-state index is 0.272. The van der Waals surface area contributed by atoms with Crippen LogP contribution in [-0.4, -0.2) is 53.9 Å². The summed E-state index contributed by atoms with van der Waals surface area (Å²) in [5.41, 5.74) is 1.27. The number of carbonyl (C=O) groups excluding carboxylic acids is 1. The van der Waals surface area contributed by atoms with Crippen molar-refractivity contribution in [1.29, 1.82) is 0 Å². The van der Waals surface area contributed by atoms with Gasteiger partial charge in [-0.05, 0) is 49.9 Å². The first-order valence-corrected chi connectivity index (χ1v) is 7.50. The maximum absolute atomic E-state index is 12.2. The fraction of sp³-hybridized carbons (Fsp3) is 0.625. The van der Waals surface area contributed by atoms with Crippen molar-refractivity contribution in [2.45, 2.75) is 26.2 Å². The van der Waals surface area contributed by atoms with Crippen LogP contribution in [0.15, 0.2) is 24.5 Å². The highest BCUT2D eigenvalue weighted by Crippen LogP contribution is 2.15. The Labute approximate surface area is 121 Å². The van der Waals surface area contributed by atoms with Crippen LogP contribution in [0.4, 0.5) is 0 Å². The predicted octanol–water partition coefficient (Wildman–Crippen LogP) is 1.81. The largest absolute Gasteiger partial charge is 0.341 e. The Morgan fingerprint density at radius 1 is 1.45 bits per heavy atom. The van der Waals surface area contributed by atoms with E-state index in [0.29, 0.717) is 12.5 Å². The van der Waals surface area contributed by atoms with E-state index in [9.17, 15) is 4.79 Å². The topological polar surface area (TPSA) is 36.4 Å². The van der Waals surface area contributed by atoms with E-state index < -0.39 is 0 Å². The molecule has 1 fully saturated rings. The van der Waals surface area contributed by atoms with Crippen molar-refractivity contribution in [3.63, 3.8) is 0 Å². The summed E-state index contributed by atoms with van der Waals surface area (Å²) < 4.78 is 0. The summed E-state index contributed by atoms with van der Waals surface area (Å²) in [6.45, 7) is 5.52. The van der Waals surface area contributed by atoms with Crippen LogP contribution in [0.1, 0.15) is 25.3 Å². The van der Waals surface area contributed by atoms with Gasteiger partial charge in [0.25, 0.3) is 0 Å². The molecule has 4 heteroatoms. The standard InChI is InChI=1S/C16H25N3O/c1-14-4-3-10-19(12-14)16(20)13-18(2)11-7-15-5-8-17-9-6-15/h5-6,8-9,14H,3-4,7,10-13H2,1-2H3. The molecule has 110 valence electrons. The van der Waals surface area contributed by atoms with Crippen LogP contribution in [0.2, 0.25) is 0 Å². The van der Waals surface area contributed by atoms with E-state index >= 15 is 0 Å². The lowest BCUT2D eigenvalue weighted by Crippen LogP contribution is -2.44. The summed E-state index contributed by atoms with van der Waals surface area (Å²) in [5.74, 6) is 0.920. The van der Waals surface area contributed by atoms with Crippen LogP contribution in [0.3, 0.4) is 0 Å². The van der Waals surface area contributed by atoms with Crippen molar-refractivity contribution in [3.05, 3.63) is 30.1 Å². The molecule has 1 aliphatic rings. The number of carbonyl (C=O) groups is 1. The van der Waals surface area contributed by atoms with Crippen molar-refractivity contribution in [2.75, 3.05) is 33.2 Å². The lowest BCUT2D eigenvalue weighted by molar-refractivity contribution is -0.133. The quantitative estimate of drug-likeness (QED) is 0.822. The molecule has 1 aromatic rings. The maximum atomic E-state index is 12.2. The molecule has 1 aliphatic heterocycles. The van der Waals surface area contributed by atoms with Gasteiger partial charge < -0.3 is 4.90 Å². The van der Waals surface area contributed by atoms with E-state index in [1.165, 1.54) is 12.0 Å². The van der Waals surface area contributed by atoms with Gasteiger partial charge in [0, 0.05) is 32.0 Å². The van der Waals surface area contributed by atoms with Gasteiger partial charge in [-0.3, -0.25) is 14.7 Å². The second kappa shape index (κ2) is 7.39. The predicted molar refractivity (Wildman–Crippen MR) is 80.4 cm³/mol. The van der Waals surface area contributed by atoms with Gasteiger partial charge in [-0.2, -0.15) is 0 Å². The minimum absolute atomic E-state index is 0.272. The highest BCUT2D eigenvalue weighted by atomic mass is 16.2. The Bertz CT molecular complexity index is 421. The summed E-state index contributed by atoms with van der Waals surface area (Å²) in [6.07, 6.45) is 6.99. The molecular weight excluding hydrogens is 250 g/mol. The van der Waals surface area contributed by atoms with Gasteiger partial charge in [0.2, 0.25) is 5.91 Å². The first-order chi connectivity index (χ1) is 9.65. The molecule has 1 unspecified atom stereocenters. The third kappa shape index (κ3) is 4.60. The highest BCUT2D eigenvalue weighted by Gasteiger charge is 2.21. The van der Waals surface area contributed by atoms with Crippen molar-refractivity contribution in [3.8, 4) is 0 Å². The van der Waals surface area contributed by atoms with Gasteiger partial charge in [-0.1, -0.05) is 6.92 Å². The minimum Gasteiger partial charge on any atom is -0.341 e. The fourth-order valence-corrected chi connectivity index (χ4v) is 2.70. The zero-order chi connectivity index (χ0) is 14.4. The van der Waals surface area contributed by atoms with Gasteiger partial charge in [0.05, 0.1) is 6.54 Å². The Hall–Kier alpha value is -1.42. The summed E-state index contributed by atoms with van der Waals surface area (Å²) in [5, 5.41) is 0. The number of likely N-dealkylation sites (N-methyl/N-ethyl adjacent to an activating group) is 1. The number of pyridine rings is 1. The second-order valence-corrected chi connectivity index (χ2v) is 5.93. The molecule has 2 heterocycles. The van der Waals surface area contributed by atoms with E-state index in [4.69, 9.17) is 0 Å². The van der Waals surface area contributed by atoms with Crippen LogP contribution in [0.5, 0.6) is 0 Å². The van der Waals surface area contributed by atoms with Crippen LogP contribution in [0.25, 0.3) is 0 Å². The number of piperidine rings is 1. The van der Waals surface area contributed by atoms with Crippen LogP contribution in [0, 0.1) is 5.92 Å². The lowest BCUT2D eigenvalue weighted by Gasteiger charge is -2.32. The van der Waals surface area contributed by atoms with E-state index in [-0.39, 0.29) is 5.91 Å². The van der Waals surface area contributed by atoms with E-state index in [0.717, 1.165) is 32.5 Å². The molecular formula is C16H25N3O. The first-order valence-electron chi connectivity index (χ1n) is 7.50. The third-order valence-corrected chi connectivity index (χ3v) is 3.95. The second-order valence-electron chi connectivity index (χ2n) is 5.93. The first kappa shape index (κ1) is 15.0. The van der Waals surface area contributed by atoms with Gasteiger partial charge >= 0.3 is 0 Å². The molecule has 0 saturated carbocycles. The molecule has 0 radical (unpaired) electrons. The molecule has 1 aromatic heterocycles. The van der Waals surface area contributed by atoms with Gasteiger partial charge in [-0.25, -0.2) is 0 Å². The normalized spacial score (nSPS) is 19.4. The van der Waals surface area contributed by atoms with Crippen molar-refractivity contribution in [2.24, 2.45) is 5.92 Å². The molecule has 20 heavy (non-hydrogen) atoms. The zero-order valence-electron chi connectivity index (χ0n) is 12.6. The molecule has 1 amide bonds. The third-order valence-electron chi connectivity index (χ3n) is 3.95. The smallest absolute Gasteiger partial charge is 0.236 e. The van der Waals surface area contributed by atoms with Crippen molar-refractivity contribution >= 4 is 5.91 Å². The summed E-state index contributed by atoms with van der Waals surface area (Å²) in [6, 6.07) is 4.06. The molecule has 0 aromatic carbocycles. The molecule has 1 saturated heterocycles. The summed E-state index contributed by atoms with van der Waals surface area (Å²) >= 11 is 0. The van der Waals surface area contributed by atoms with Crippen molar-refractivity contribution < 1.29 is 4.79 Å². The number of amides is 1. The molecule has 2 rings (SSSR count). The summed E-state index contributed by atoms with van der Waals surface area (Å²) in [4.78, 5) is 20.4. The number of aromatic nitrogens is 1. The fourth-order valence-electron chi connectivity index (χ4n) is 2.70. The van der Waals surface area contributed by atoms with Gasteiger partial charge in [0.1, 0.15) is 0 Å². The summed E-state index contributed by atoms with van der Waals surface area (Å²) in [7, 11) is 2.02. The molecule has 4 nitrogen and oxygen atoms in total. The average Bonchev–Trinajstić information content (AvgIpc) is 2.46. The van der Waals surface area contributed by atoms with Crippen LogP contribution < -0.4 is 0 Å². The highest BCUT2D eigenvalue weighted by molar-refractivity contribution is 5.78. The lowest BCUT2D eigenvalue weighted by atomic mass is 10.0. The Kier molecular flexibility index (Phi) is 5.53. The van der Waals surface area contributed by atoms with E-state index in [1.54, 1.807) is 0 Å². The molecule has 0 N–H and O–H groups in total. The number of hydrogen-bond donors (Lipinski definition) is 0. The Balaban J connectivity index is 1.73. The molecule has 0 bridgehead atoms. The number of likely N-dealkylation sites (tertiary alicyclic amines) is 1. The molecule has 1 atom stereocenters. The molecule has 0 spiro atoms. The maximum Gasteiger partial charge on any atom is 0.236 e. The Morgan fingerprint density at radius 2 is 2.20 bits per heavy atom. The van der Waals surface area contributed by atoms with Crippen LogP contribution >= 0.6 is 0 Å². The van der Waals surface area contributed by atoms with Gasteiger partial charge in [0.15, 0.2) is 0 Å². The number of rotatable bonds is 5. The average molecular weight is 275 g/mol. The van der Waals surface area contributed by atoms with Crippen molar-refractivity contribution in [1.82, 2.24) is 14.8 Å².